The van der Waals surface area contributed by atoms with Gasteiger partial charge in [-0.05, 0) is 12.1 Å². The van der Waals surface area contributed by atoms with E-state index in [0.29, 0.717) is 10.8 Å². The average Bonchev–Trinajstić information content (AvgIpc) is 2.25. The third-order valence-corrected chi connectivity index (χ3v) is 2.64. The maximum Gasteiger partial charge on any atom is 0.158 e. The van der Waals surface area contributed by atoms with Crippen LogP contribution in [-0.4, -0.2) is 18.4 Å². The van der Waals surface area contributed by atoms with Gasteiger partial charge in [-0.25, -0.2) is 0 Å². The molecule has 0 heterocycles. The highest BCUT2D eigenvalue weighted by molar-refractivity contribution is 6.32. The van der Waals surface area contributed by atoms with E-state index in [-0.39, 0.29) is 12.4 Å². The van der Waals surface area contributed by atoms with Crippen LogP contribution in [0.25, 0.3) is 0 Å². The summed E-state index contributed by atoms with van der Waals surface area (Å²) in [7, 11) is 0. The highest BCUT2D eigenvalue weighted by Gasteiger charge is 2.27. The Hall–Kier alpha value is -1.06. The number of halogens is 1. The van der Waals surface area contributed by atoms with Gasteiger partial charge < -0.3 is 10.5 Å². The second-order valence-corrected chi connectivity index (χ2v) is 5.37. The Morgan fingerprint density at radius 3 is 2.53 bits per heavy atom. The molecule has 1 aromatic carbocycles. The number of hydrogen-bond donors (Lipinski definition) is 1. The maximum atomic E-state index is 11.8. The zero-order chi connectivity index (χ0) is 13.1. The molecule has 1 atom stereocenters. The van der Waals surface area contributed by atoms with Crippen LogP contribution in [-0.2, 0) is 4.79 Å². The van der Waals surface area contributed by atoms with Gasteiger partial charge in [0.25, 0.3) is 0 Å². The number of hydrogen-bond acceptors (Lipinski definition) is 3. The smallest absolute Gasteiger partial charge is 0.158 e. The number of para-hydroxylation sites is 1. The molecule has 0 fully saturated rings. The van der Waals surface area contributed by atoms with Gasteiger partial charge in [0.15, 0.2) is 5.78 Å². The van der Waals surface area contributed by atoms with Crippen molar-refractivity contribution in [2.24, 2.45) is 11.1 Å². The summed E-state index contributed by atoms with van der Waals surface area (Å²) < 4.78 is 5.44. The van der Waals surface area contributed by atoms with Crippen molar-refractivity contribution in [1.29, 1.82) is 0 Å². The van der Waals surface area contributed by atoms with Crippen molar-refractivity contribution in [3.63, 3.8) is 0 Å². The van der Waals surface area contributed by atoms with Crippen LogP contribution < -0.4 is 10.5 Å². The fraction of sp³-hybridized carbons (Fsp3) is 0.462. The van der Waals surface area contributed by atoms with E-state index in [2.05, 4.69) is 0 Å². The molecule has 3 nitrogen and oxygen atoms in total. The van der Waals surface area contributed by atoms with E-state index in [1.165, 1.54) is 0 Å². The zero-order valence-corrected chi connectivity index (χ0v) is 11.1. The maximum absolute atomic E-state index is 11.8. The summed E-state index contributed by atoms with van der Waals surface area (Å²) in [6, 6.07) is 6.48. The molecule has 4 heteroatoms. The lowest BCUT2D eigenvalue weighted by atomic mass is 9.87. The van der Waals surface area contributed by atoms with Gasteiger partial charge in [-0.3, -0.25) is 4.79 Å². The second-order valence-electron chi connectivity index (χ2n) is 4.96. The first-order valence-electron chi connectivity index (χ1n) is 5.49. The summed E-state index contributed by atoms with van der Waals surface area (Å²) >= 11 is 5.93. The molecular formula is C13H18ClNO2. The summed E-state index contributed by atoms with van der Waals surface area (Å²) in [4.78, 5) is 11.8. The van der Waals surface area contributed by atoms with E-state index >= 15 is 0 Å². The van der Waals surface area contributed by atoms with Gasteiger partial charge in [0, 0.05) is 5.41 Å². The fourth-order valence-corrected chi connectivity index (χ4v) is 1.56. The van der Waals surface area contributed by atoms with Gasteiger partial charge in [0.1, 0.15) is 12.4 Å². The minimum atomic E-state index is -0.633. The summed E-state index contributed by atoms with van der Waals surface area (Å²) in [5.74, 6) is 0.524. The van der Waals surface area contributed by atoms with Crippen molar-refractivity contribution < 1.29 is 9.53 Å². The van der Waals surface area contributed by atoms with Crippen LogP contribution in [0.5, 0.6) is 5.75 Å². The number of benzene rings is 1. The van der Waals surface area contributed by atoms with E-state index in [9.17, 15) is 4.79 Å². The first-order chi connectivity index (χ1) is 7.82. The number of Topliss-reactive ketones (excluding diaryl/α,β-unsaturated/α-hetero) is 1. The van der Waals surface area contributed by atoms with Crippen LogP contribution in [0, 0.1) is 5.41 Å². The van der Waals surface area contributed by atoms with Gasteiger partial charge in [0.2, 0.25) is 0 Å². The molecule has 0 radical (unpaired) electrons. The van der Waals surface area contributed by atoms with Crippen molar-refractivity contribution in [2.75, 3.05) is 6.61 Å². The van der Waals surface area contributed by atoms with Gasteiger partial charge in [-0.2, -0.15) is 0 Å². The van der Waals surface area contributed by atoms with E-state index in [0.717, 1.165) is 0 Å². The molecule has 0 aliphatic heterocycles. The Bertz CT molecular complexity index is 399. The Morgan fingerprint density at radius 2 is 2.00 bits per heavy atom. The van der Waals surface area contributed by atoms with Gasteiger partial charge >= 0.3 is 0 Å². The van der Waals surface area contributed by atoms with Gasteiger partial charge in [-0.1, -0.05) is 44.5 Å². The van der Waals surface area contributed by atoms with Crippen LogP contribution in [0.1, 0.15) is 20.8 Å². The minimum Gasteiger partial charge on any atom is -0.490 e. The summed E-state index contributed by atoms with van der Waals surface area (Å²) in [6.07, 6.45) is 0. The Labute approximate surface area is 107 Å². The molecule has 0 spiro atoms. The molecule has 94 valence electrons. The van der Waals surface area contributed by atoms with E-state index in [1.807, 2.05) is 32.9 Å². The molecule has 0 aliphatic carbocycles. The van der Waals surface area contributed by atoms with E-state index in [4.69, 9.17) is 22.1 Å². The van der Waals surface area contributed by atoms with E-state index < -0.39 is 11.5 Å². The summed E-state index contributed by atoms with van der Waals surface area (Å²) in [5, 5.41) is 0.517. The molecule has 0 aliphatic rings. The molecule has 1 rings (SSSR count). The first kappa shape index (κ1) is 14.0. The second kappa shape index (κ2) is 5.52. The summed E-state index contributed by atoms with van der Waals surface area (Å²) in [6.45, 7) is 5.65. The van der Waals surface area contributed by atoms with Crippen LogP contribution in [0.2, 0.25) is 5.02 Å². The fourth-order valence-electron chi connectivity index (χ4n) is 1.37. The minimum absolute atomic E-state index is 0.0236. The summed E-state index contributed by atoms with van der Waals surface area (Å²) in [5.41, 5.74) is 5.33. The third-order valence-electron chi connectivity index (χ3n) is 2.33. The van der Waals surface area contributed by atoms with E-state index in [1.54, 1.807) is 12.1 Å². The van der Waals surface area contributed by atoms with Crippen molar-refractivity contribution in [3.05, 3.63) is 29.3 Å². The highest BCUT2D eigenvalue weighted by atomic mass is 35.5. The number of carbonyl (C=O) groups is 1. The quantitative estimate of drug-likeness (QED) is 0.900. The molecule has 0 bridgehead atoms. The van der Waals surface area contributed by atoms with Crippen molar-refractivity contribution >= 4 is 17.4 Å². The SMILES string of the molecule is CC(C)(C)C(=O)[C@@H](N)COc1ccccc1Cl. The Morgan fingerprint density at radius 1 is 1.41 bits per heavy atom. The number of rotatable bonds is 4. The van der Waals surface area contributed by atoms with Crippen LogP contribution in [0.15, 0.2) is 24.3 Å². The topological polar surface area (TPSA) is 52.3 Å². The number of carbonyl (C=O) groups excluding carboxylic acids is 1. The first-order valence-corrected chi connectivity index (χ1v) is 5.87. The molecular weight excluding hydrogens is 238 g/mol. The van der Waals surface area contributed by atoms with Gasteiger partial charge in [-0.15, -0.1) is 0 Å². The Balaban J connectivity index is 2.58. The molecule has 2 N–H and O–H groups in total. The standard InChI is InChI=1S/C13H18ClNO2/c1-13(2,3)12(16)10(15)8-17-11-7-5-4-6-9(11)14/h4-7,10H,8,15H2,1-3H3/t10-/m0/s1. The normalized spacial score (nSPS) is 13.2. The molecule has 0 saturated heterocycles. The lowest BCUT2D eigenvalue weighted by Gasteiger charge is -2.21. The molecule has 0 unspecified atom stereocenters. The average molecular weight is 256 g/mol. The lowest BCUT2D eigenvalue weighted by Crippen LogP contribution is -2.43. The number of ketones is 1. The molecule has 17 heavy (non-hydrogen) atoms. The van der Waals surface area contributed by atoms with Gasteiger partial charge in [0.05, 0.1) is 11.1 Å². The lowest BCUT2D eigenvalue weighted by molar-refractivity contribution is -0.128. The molecule has 0 amide bonds. The number of nitrogens with two attached hydrogens (primary N) is 1. The van der Waals surface area contributed by atoms with Crippen molar-refractivity contribution in [1.82, 2.24) is 0 Å². The Kier molecular flexibility index (Phi) is 4.54. The molecule has 0 saturated carbocycles. The third kappa shape index (κ3) is 4.02. The monoisotopic (exact) mass is 255 g/mol. The largest absolute Gasteiger partial charge is 0.490 e. The predicted molar refractivity (Wildman–Crippen MR) is 69.4 cm³/mol. The highest BCUT2D eigenvalue weighted by Crippen LogP contribution is 2.23. The molecule has 1 aromatic rings. The van der Waals surface area contributed by atoms with Crippen LogP contribution in [0.3, 0.4) is 0 Å². The molecule has 0 aromatic heterocycles. The van der Waals surface area contributed by atoms with Crippen molar-refractivity contribution in [3.8, 4) is 5.75 Å². The predicted octanol–water partition coefficient (Wildman–Crippen LogP) is 2.66. The van der Waals surface area contributed by atoms with Crippen LogP contribution >= 0.6 is 11.6 Å². The number of ether oxygens (including phenoxy) is 1. The van der Waals surface area contributed by atoms with Crippen LogP contribution in [0.4, 0.5) is 0 Å². The van der Waals surface area contributed by atoms with Crippen molar-refractivity contribution in [2.45, 2.75) is 26.8 Å². The zero-order valence-electron chi connectivity index (χ0n) is 10.4.